The third-order valence-electron chi connectivity index (χ3n) is 1.25. The van der Waals surface area contributed by atoms with E-state index in [1.165, 1.54) is 6.08 Å². The molecule has 0 nitrogen and oxygen atoms in total. The van der Waals surface area contributed by atoms with Crippen LogP contribution in [0.15, 0.2) is 23.8 Å². The van der Waals surface area contributed by atoms with Gasteiger partial charge < -0.3 is 0 Å². The van der Waals surface area contributed by atoms with Crippen molar-refractivity contribution in [3.8, 4) is 0 Å². The van der Waals surface area contributed by atoms with Crippen molar-refractivity contribution in [3.05, 3.63) is 23.8 Å². The van der Waals surface area contributed by atoms with E-state index in [2.05, 4.69) is 0 Å². The summed E-state index contributed by atoms with van der Waals surface area (Å²) in [5, 5.41) is 0. The lowest BCUT2D eigenvalue weighted by molar-refractivity contribution is -0.171. The molecule has 0 aliphatic carbocycles. The Kier molecular flexibility index (Phi) is 4.22. The van der Waals surface area contributed by atoms with Crippen molar-refractivity contribution in [2.45, 2.75) is 25.7 Å². The van der Waals surface area contributed by atoms with Crippen molar-refractivity contribution in [1.82, 2.24) is 0 Å². The average Bonchev–Trinajstić information content (AvgIpc) is 1.92. The SMILES string of the molecule is CCC=CC=C(C(F)(F)F)C(F)(F)F. The van der Waals surface area contributed by atoms with Crippen LogP contribution < -0.4 is 0 Å². The van der Waals surface area contributed by atoms with Gasteiger partial charge >= 0.3 is 12.4 Å². The Bertz CT molecular complexity index is 213. The highest BCUT2D eigenvalue weighted by molar-refractivity contribution is 5.21. The van der Waals surface area contributed by atoms with Gasteiger partial charge in [0.05, 0.1) is 0 Å². The highest BCUT2D eigenvalue weighted by Crippen LogP contribution is 2.38. The monoisotopic (exact) mass is 218 g/mol. The summed E-state index contributed by atoms with van der Waals surface area (Å²) >= 11 is 0. The fourth-order valence-electron chi connectivity index (χ4n) is 0.650. The van der Waals surface area contributed by atoms with Gasteiger partial charge in [0, 0.05) is 0 Å². The first kappa shape index (κ1) is 13.1. The normalized spacial score (nSPS) is 13.4. The second kappa shape index (κ2) is 4.52. The van der Waals surface area contributed by atoms with Crippen LogP contribution in [0.3, 0.4) is 0 Å². The predicted octanol–water partition coefficient (Wildman–Crippen LogP) is 4.00. The van der Waals surface area contributed by atoms with Gasteiger partial charge in [-0.2, -0.15) is 26.3 Å². The Labute approximate surface area is 76.9 Å². The molecule has 0 atom stereocenters. The molecule has 0 radical (unpaired) electrons. The van der Waals surface area contributed by atoms with Gasteiger partial charge in [0.25, 0.3) is 0 Å². The summed E-state index contributed by atoms with van der Waals surface area (Å²) in [6.07, 6.45) is -8.37. The molecule has 0 aromatic heterocycles. The Morgan fingerprint density at radius 3 is 1.71 bits per heavy atom. The van der Waals surface area contributed by atoms with Gasteiger partial charge in [-0.05, 0) is 12.5 Å². The van der Waals surface area contributed by atoms with E-state index in [0.717, 1.165) is 6.08 Å². The minimum Gasteiger partial charge on any atom is -0.166 e. The van der Waals surface area contributed by atoms with Crippen molar-refractivity contribution in [3.63, 3.8) is 0 Å². The zero-order valence-electron chi connectivity index (χ0n) is 7.21. The van der Waals surface area contributed by atoms with E-state index in [9.17, 15) is 26.3 Å². The molecule has 0 aromatic carbocycles. The van der Waals surface area contributed by atoms with E-state index in [0.29, 0.717) is 6.42 Å². The molecule has 0 saturated heterocycles. The summed E-state index contributed by atoms with van der Waals surface area (Å²) in [5.74, 6) is 0. The number of alkyl halides is 6. The average molecular weight is 218 g/mol. The van der Waals surface area contributed by atoms with Gasteiger partial charge in [0.2, 0.25) is 0 Å². The van der Waals surface area contributed by atoms with E-state index in [1.54, 1.807) is 6.92 Å². The van der Waals surface area contributed by atoms with Gasteiger partial charge in [-0.25, -0.2) is 0 Å². The Balaban J connectivity index is 4.94. The van der Waals surface area contributed by atoms with E-state index in [-0.39, 0.29) is 6.08 Å². The van der Waals surface area contributed by atoms with E-state index >= 15 is 0 Å². The third kappa shape index (κ3) is 4.34. The van der Waals surface area contributed by atoms with Gasteiger partial charge in [0.15, 0.2) is 0 Å². The maximum Gasteiger partial charge on any atom is 0.421 e. The van der Waals surface area contributed by atoms with Crippen LogP contribution in [0.2, 0.25) is 0 Å². The second-order valence-electron chi connectivity index (χ2n) is 2.41. The largest absolute Gasteiger partial charge is 0.421 e. The zero-order valence-corrected chi connectivity index (χ0v) is 7.21. The van der Waals surface area contributed by atoms with Crippen LogP contribution in [0.1, 0.15) is 13.3 Å². The van der Waals surface area contributed by atoms with Crippen molar-refractivity contribution in [2.24, 2.45) is 0 Å². The zero-order chi connectivity index (χ0) is 11.4. The fourth-order valence-corrected chi connectivity index (χ4v) is 0.650. The maximum absolute atomic E-state index is 11.8. The van der Waals surface area contributed by atoms with E-state index in [1.807, 2.05) is 0 Å². The highest BCUT2D eigenvalue weighted by Gasteiger charge is 2.50. The molecule has 0 amide bonds. The second-order valence-corrected chi connectivity index (χ2v) is 2.41. The molecule has 0 aromatic rings. The summed E-state index contributed by atoms with van der Waals surface area (Å²) in [6.45, 7) is 1.60. The summed E-state index contributed by atoms with van der Waals surface area (Å²) in [7, 11) is 0. The third-order valence-corrected chi connectivity index (χ3v) is 1.25. The first-order valence-electron chi connectivity index (χ1n) is 3.70. The van der Waals surface area contributed by atoms with Gasteiger partial charge in [-0.3, -0.25) is 0 Å². The Hall–Kier alpha value is -0.940. The van der Waals surface area contributed by atoms with Crippen LogP contribution in [-0.2, 0) is 0 Å². The molecular formula is C8H8F6. The van der Waals surface area contributed by atoms with Gasteiger partial charge in [-0.1, -0.05) is 19.1 Å². The predicted molar refractivity (Wildman–Crippen MR) is 39.6 cm³/mol. The topological polar surface area (TPSA) is 0 Å². The molecule has 6 heteroatoms. The summed E-state index contributed by atoms with van der Waals surface area (Å²) < 4.78 is 70.9. The van der Waals surface area contributed by atoms with Crippen LogP contribution in [0.5, 0.6) is 0 Å². The standard InChI is InChI=1S/C8H8F6/c1-2-3-4-5-6(7(9,10)11)8(12,13)14/h3-5H,2H2,1H3. The maximum atomic E-state index is 11.8. The number of halogens is 6. The van der Waals surface area contributed by atoms with Gasteiger partial charge in [0.1, 0.15) is 5.57 Å². The van der Waals surface area contributed by atoms with Crippen LogP contribution in [0.4, 0.5) is 26.3 Å². The molecule has 0 spiro atoms. The number of hydrogen-bond acceptors (Lipinski definition) is 0. The number of hydrogen-bond donors (Lipinski definition) is 0. The molecule has 0 aliphatic rings. The van der Waals surface area contributed by atoms with Crippen molar-refractivity contribution in [1.29, 1.82) is 0 Å². The van der Waals surface area contributed by atoms with Crippen molar-refractivity contribution in [2.75, 3.05) is 0 Å². The molecule has 82 valence electrons. The number of rotatable bonds is 2. The first-order chi connectivity index (χ1) is 6.19. The van der Waals surface area contributed by atoms with Crippen LogP contribution >= 0.6 is 0 Å². The van der Waals surface area contributed by atoms with Crippen LogP contribution in [0.25, 0.3) is 0 Å². The van der Waals surface area contributed by atoms with E-state index < -0.39 is 17.9 Å². The molecule has 0 aliphatic heterocycles. The van der Waals surface area contributed by atoms with Crippen LogP contribution in [0, 0.1) is 0 Å². The lowest BCUT2D eigenvalue weighted by Crippen LogP contribution is -2.25. The summed E-state index contributed by atoms with van der Waals surface area (Å²) in [4.78, 5) is 0. The summed E-state index contributed by atoms with van der Waals surface area (Å²) in [6, 6.07) is 0. The minimum absolute atomic E-state index is 0.0312. The smallest absolute Gasteiger partial charge is 0.166 e. The van der Waals surface area contributed by atoms with Gasteiger partial charge in [-0.15, -0.1) is 0 Å². The molecule has 0 rings (SSSR count). The minimum atomic E-state index is -5.36. The molecule has 0 saturated carbocycles. The molecular weight excluding hydrogens is 210 g/mol. The van der Waals surface area contributed by atoms with Crippen molar-refractivity contribution < 1.29 is 26.3 Å². The fraction of sp³-hybridized carbons (Fsp3) is 0.500. The Morgan fingerprint density at radius 2 is 1.43 bits per heavy atom. The molecule has 0 N–H and O–H groups in total. The lowest BCUT2D eigenvalue weighted by Gasteiger charge is -2.13. The number of allylic oxidation sites excluding steroid dienone is 4. The lowest BCUT2D eigenvalue weighted by atomic mass is 10.2. The molecule has 0 bridgehead atoms. The quantitative estimate of drug-likeness (QED) is 0.485. The molecule has 0 fully saturated rings. The van der Waals surface area contributed by atoms with E-state index in [4.69, 9.17) is 0 Å². The Morgan fingerprint density at radius 1 is 1.00 bits per heavy atom. The molecule has 0 heterocycles. The molecule has 0 unspecified atom stereocenters. The highest BCUT2D eigenvalue weighted by atomic mass is 19.4. The first-order valence-corrected chi connectivity index (χ1v) is 3.70. The molecule has 14 heavy (non-hydrogen) atoms. The summed E-state index contributed by atoms with van der Waals surface area (Å²) in [5.41, 5.74) is -2.49. The van der Waals surface area contributed by atoms with Crippen molar-refractivity contribution >= 4 is 0 Å². The van der Waals surface area contributed by atoms with Crippen LogP contribution in [-0.4, -0.2) is 12.4 Å².